The van der Waals surface area contributed by atoms with Crippen LogP contribution in [0.4, 0.5) is 18.9 Å². The highest BCUT2D eigenvalue weighted by Gasteiger charge is 2.29. The van der Waals surface area contributed by atoms with Crippen LogP contribution in [0.3, 0.4) is 0 Å². The monoisotopic (exact) mass is 444 g/mol. The van der Waals surface area contributed by atoms with Crippen LogP contribution in [0.1, 0.15) is 29.8 Å². The van der Waals surface area contributed by atoms with Crippen molar-refractivity contribution in [3.8, 4) is 5.75 Å². The van der Waals surface area contributed by atoms with Gasteiger partial charge in [0.2, 0.25) is 10.0 Å². The largest absolute Gasteiger partial charge is 0.482 e. The molecule has 0 radical (unpaired) electrons. The van der Waals surface area contributed by atoms with Crippen molar-refractivity contribution >= 4 is 21.6 Å². The van der Waals surface area contributed by atoms with Gasteiger partial charge < -0.3 is 10.1 Å². The fraction of sp³-hybridized carbons (Fsp3) is 0.350. The minimum atomic E-state index is -4.53. The van der Waals surface area contributed by atoms with Gasteiger partial charge in [0.1, 0.15) is 5.75 Å². The van der Waals surface area contributed by atoms with E-state index in [0.29, 0.717) is 5.56 Å². The lowest BCUT2D eigenvalue weighted by Crippen LogP contribution is -2.30. The number of nitrogens with zero attached hydrogens (tertiary/aromatic N) is 1. The zero-order chi connectivity index (χ0) is 22.5. The molecule has 0 saturated heterocycles. The summed E-state index contributed by atoms with van der Waals surface area (Å²) in [5, 5.41) is 2.49. The third-order valence-electron chi connectivity index (χ3n) is 4.22. The smallest absolute Gasteiger partial charge is 0.422 e. The molecule has 2 aromatic carbocycles. The summed E-state index contributed by atoms with van der Waals surface area (Å²) >= 11 is 0. The Morgan fingerprint density at radius 2 is 1.77 bits per heavy atom. The van der Waals surface area contributed by atoms with Gasteiger partial charge >= 0.3 is 6.18 Å². The number of halogens is 3. The Morgan fingerprint density at radius 1 is 1.10 bits per heavy atom. The summed E-state index contributed by atoms with van der Waals surface area (Å²) in [7, 11) is -3.77. The molecule has 0 bridgehead atoms. The van der Waals surface area contributed by atoms with E-state index in [4.69, 9.17) is 4.74 Å². The van der Waals surface area contributed by atoms with Gasteiger partial charge in [0.15, 0.2) is 6.61 Å². The van der Waals surface area contributed by atoms with Crippen molar-refractivity contribution in [2.45, 2.75) is 31.8 Å². The molecule has 0 unspecified atom stereocenters. The summed E-state index contributed by atoms with van der Waals surface area (Å²) in [6, 6.07) is 9.87. The van der Waals surface area contributed by atoms with Crippen molar-refractivity contribution in [2.24, 2.45) is 0 Å². The quantitative estimate of drug-likeness (QED) is 0.662. The Hall–Kier alpha value is -2.59. The Balaban J connectivity index is 2.29. The Kier molecular flexibility index (Phi) is 7.49. The number of anilines is 1. The number of hydrogen-bond acceptors (Lipinski definition) is 4. The fourth-order valence-electron chi connectivity index (χ4n) is 2.72. The number of hydrogen-bond donors (Lipinski definition) is 1. The van der Waals surface area contributed by atoms with Gasteiger partial charge in [-0.05, 0) is 42.8 Å². The third-order valence-corrected chi connectivity index (χ3v) is 6.26. The summed E-state index contributed by atoms with van der Waals surface area (Å²) in [6.45, 7) is 4.14. The lowest BCUT2D eigenvalue weighted by Gasteiger charge is -2.19. The first-order valence-corrected chi connectivity index (χ1v) is 10.6. The molecule has 0 atom stereocenters. The van der Waals surface area contributed by atoms with Crippen molar-refractivity contribution in [1.82, 2.24) is 4.31 Å². The van der Waals surface area contributed by atoms with Crippen LogP contribution in [0.25, 0.3) is 0 Å². The van der Waals surface area contributed by atoms with Gasteiger partial charge in [-0.1, -0.05) is 26.0 Å². The molecular formula is C20H23F3N2O4S. The first-order chi connectivity index (χ1) is 14.0. The molecule has 2 aromatic rings. The number of sulfonamides is 1. The average molecular weight is 444 g/mol. The lowest BCUT2D eigenvalue weighted by molar-refractivity contribution is -0.153. The van der Waals surface area contributed by atoms with Gasteiger partial charge in [-0.2, -0.15) is 17.5 Å². The van der Waals surface area contributed by atoms with Crippen LogP contribution >= 0.6 is 0 Å². The number of ether oxygens (including phenoxy) is 1. The highest BCUT2D eigenvalue weighted by molar-refractivity contribution is 7.89. The molecule has 0 fully saturated rings. The van der Waals surface area contributed by atoms with Crippen molar-refractivity contribution in [3.05, 3.63) is 53.6 Å². The molecular weight excluding hydrogens is 421 g/mol. The zero-order valence-corrected chi connectivity index (χ0v) is 17.6. The maximum Gasteiger partial charge on any atom is 0.422 e. The maximum absolute atomic E-state index is 12.7. The minimum absolute atomic E-state index is 0.0451. The Bertz CT molecular complexity index is 1000. The SMILES string of the molecule is CCN(CC)S(=O)(=O)c1cccc(C(=O)Nc2ccc(C)cc2OCC(F)(F)F)c1. The van der Waals surface area contributed by atoms with Crippen molar-refractivity contribution in [2.75, 3.05) is 25.0 Å². The first kappa shape index (κ1) is 23.7. The molecule has 0 saturated carbocycles. The summed E-state index contributed by atoms with van der Waals surface area (Å²) in [4.78, 5) is 12.6. The normalized spacial score (nSPS) is 12.1. The van der Waals surface area contributed by atoms with E-state index >= 15 is 0 Å². The van der Waals surface area contributed by atoms with E-state index < -0.39 is 28.7 Å². The molecule has 10 heteroatoms. The van der Waals surface area contributed by atoms with E-state index in [1.54, 1.807) is 26.8 Å². The molecule has 0 aliphatic heterocycles. The van der Waals surface area contributed by atoms with Crippen molar-refractivity contribution < 1.29 is 31.1 Å². The molecule has 0 spiro atoms. The van der Waals surface area contributed by atoms with Crippen LogP contribution in [-0.4, -0.2) is 44.5 Å². The fourth-order valence-corrected chi connectivity index (χ4v) is 4.22. The number of aryl methyl sites for hydroxylation is 1. The highest BCUT2D eigenvalue weighted by atomic mass is 32.2. The molecule has 1 amide bonds. The predicted molar refractivity (Wildman–Crippen MR) is 107 cm³/mol. The van der Waals surface area contributed by atoms with Gasteiger partial charge in [0.05, 0.1) is 10.6 Å². The van der Waals surface area contributed by atoms with Gasteiger partial charge in [-0.25, -0.2) is 8.42 Å². The molecule has 1 N–H and O–H groups in total. The number of amides is 1. The topological polar surface area (TPSA) is 75.7 Å². The van der Waals surface area contributed by atoms with E-state index in [0.717, 1.165) is 0 Å². The predicted octanol–water partition coefficient (Wildman–Crippen LogP) is 4.22. The van der Waals surface area contributed by atoms with E-state index in [9.17, 15) is 26.4 Å². The van der Waals surface area contributed by atoms with E-state index in [2.05, 4.69) is 5.32 Å². The highest BCUT2D eigenvalue weighted by Crippen LogP contribution is 2.28. The van der Waals surface area contributed by atoms with Crippen molar-refractivity contribution in [1.29, 1.82) is 0 Å². The van der Waals surface area contributed by atoms with Crippen molar-refractivity contribution in [3.63, 3.8) is 0 Å². The van der Waals surface area contributed by atoms with Crippen LogP contribution in [0.2, 0.25) is 0 Å². The number of alkyl halides is 3. The Morgan fingerprint density at radius 3 is 2.37 bits per heavy atom. The maximum atomic E-state index is 12.7. The minimum Gasteiger partial charge on any atom is -0.482 e. The number of benzene rings is 2. The lowest BCUT2D eigenvalue weighted by atomic mass is 10.2. The third kappa shape index (κ3) is 5.96. The first-order valence-electron chi connectivity index (χ1n) is 9.19. The molecule has 0 heterocycles. The number of carbonyl (C=O) groups is 1. The Labute approximate surface area is 173 Å². The number of nitrogens with one attached hydrogen (secondary N) is 1. The summed E-state index contributed by atoms with van der Waals surface area (Å²) < 4.78 is 68.9. The standard InChI is InChI=1S/C20H23F3N2O4S/c1-4-25(5-2)30(27,28)16-8-6-7-15(12-16)19(26)24-17-10-9-14(3)11-18(17)29-13-20(21,22)23/h6-12H,4-5,13H2,1-3H3,(H,24,26). The average Bonchev–Trinajstić information content (AvgIpc) is 2.68. The van der Waals surface area contributed by atoms with Crippen LogP contribution < -0.4 is 10.1 Å². The van der Waals surface area contributed by atoms with Gasteiger partial charge in [0.25, 0.3) is 5.91 Å². The molecule has 30 heavy (non-hydrogen) atoms. The summed E-state index contributed by atoms with van der Waals surface area (Å²) in [5.74, 6) is -0.806. The molecule has 0 aliphatic rings. The van der Waals surface area contributed by atoms with Crippen LogP contribution in [0, 0.1) is 6.92 Å². The molecule has 164 valence electrons. The molecule has 2 rings (SSSR count). The second-order valence-electron chi connectivity index (χ2n) is 6.47. The van der Waals surface area contributed by atoms with Crippen LogP contribution in [-0.2, 0) is 10.0 Å². The second kappa shape index (κ2) is 9.48. The van der Waals surface area contributed by atoms with Crippen LogP contribution in [0.15, 0.2) is 47.4 Å². The van der Waals surface area contributed by atoms with Gasteiger partial charge in [0, 0.05) is 18.7 Å². The second-order valence-corrected chi connectivity index (χ2v) is 8.41. The summed E-state index contributed by atoms with van der Waals surface area (Å²) in [5.41, 5.74) is 0.745. The van der Waals surface area contributed by atoms with E-state index in [1.807, 2.05) is 0 Å². The molecule has 6 nitrogen and oxygen atoms in total. The molecule has 0 aromatic heterocycles. The zero-order valence-electron chi connectivity index (χ0n) is 16.8. The van der Waals surface area contributed by atoms with Gasteiger partial charge in [-0.15, -0.1) is 0 Å². The van der Waals surface area contributed by atoms with Crippen LogP contribution in [0.5, 0.6) is 5.75 Å². The number of rotatable bonds is 8. The van der Waals surface area contributed by atoms with E-state index in [-0.39, 0.29) is 35.0 Å². The van der Waals surface area contributed by atoms with E-state index in [1.165, 1.54) is 40.7 Å². The van der Waals surface area contributed by atoms with Gasteiger partial charge in [-0.3, -0.25) is 4.79 Å². The number of carbonyl (C=O) groups excluding carboxylic acids is 1. The summed E-state index contributed by atoms with van der Waals surface area (Å²) in [6.07, 6.45) is -4.53. The molecule has 0 aliphatic carbocycles.